The number of carbonyl (C=O) groups is 2. The fourth-order valence-electron chi connectivity index (χ4n) is 4.28. The van der Waals surface area contributed by atoms with Gasteiger partial charge in [-0.15, -0.1) is 5.10 Å². The smallest absolute Gasteiger partial charge is 0.274 e. The van der Waals surface area contributed by atoms with Crippen LogP contribution in [0.3, 0.4) is 0 Å². The van der Waals surface area contributed by atoms with Crippen LogP contribution in [0.5, 0.6) is 0 Å². The van der Waals surface area contributed by atoms with Crippen LogP contribution >= 0.6 is 0 Å². The van der Waals surface area contributed by atoms with E-state index in [1.807, 2.05) is 15.9 Å². The molecule has 0 aromatic carbocycles. The van der Waals surface area contributed by atoms with Gasteiger partial charge in [0.2, 0.25) is 5.91 Å². The van der Waals surface area contributed by atoms with Gasteiger partial charge in [-0.25, -0.2) is 0 Å². The van der Waals surface area contributed by atoms with Gasteiger partial charge in [0.15, 0.2) is 5.69 Å². The molecule has 3 heterocycles. The lowest BCUT2D eigenvalue weighted by molar-refractivity contribution is -0.128. The van der Waals surface area contributed by atoms with E-state index in [0.29, 0.717) is 23.9 Å². The first-order valence-electron chi connectivity index (χ1n) is 9.63. The van der Waals surface area contributed by atoms with Gasteiger partial charge in [0.1, 0.15) is 0 Å². The van der Waals surface area contributed by atoms with Gasteiger partial charge in [-0.3, -0.25) is 9.59 Å². The second kappa shape index (κ2) is 7.10. The van der Waals surface area contributed by atoms with E-state index in [-0.39, 0.29) is 5.91 Å². The highest BCUT2D eigenvalue weighted by molar-refractivity contribution is 5.92. The second-order valence-electron chi connectivity index (χ2n) is 7.59. The molecule has 25 heavy (non-hydrogen) atoms. The SMILES string of the molecule is O=C1CCCN1CC1CCN(C(=O)c2cc3c(nn2)CCCC3)CC1. The molecule has 0 spiro atoms. The van der Waals surface area contributed by atoms with E-state index < -0.39 is 0 Å². The lowest BCUT2D eigenvalue weighted by atomic mass is 9.95. The lowest BCUT2D eigenvalue weighted by Gasteiger charge is -2.33. The first kappa shape index (κ1) is 16.5. The maximum absolute atomic E-state index is 12.7. The number of aromatic nitrogens is 2. The van der Waals surface area contributed by atoms with Gasteiger partial charge in [0, 0.05) is 32.6 Å². The van der Waals surface area contributed by atoms with Gasteiger partial charge in [-0.05, 0) is 62.5 Å². The minimum atomic E-state index is 0.0107. The molecule has 0 unspecified atom stereocenters. The van der Waals surface area contributed by atoms with Gasteiger partial charge < -0.3 is 9.80 Å². The summed E-state index contributed by atoms with van der Waals surface area (Å²) >= 11 is 0. The highest BCUT2D eigenvalue weighted by Crippen LogP contribution is 2.23. The Balaban J connectivity index is 1.34. The highest BCUT2D eigenvalue weighted by atomic mass is 16.2. The lowest BCUT2D eigenvalue weighted by Crippen LogP contribution is -2.42. The van der Waals surface area contributed by atoms with Crippen molar-refractivity contribution in [2.45, 2.75) is 51.4 Å². The van der Waals surface area contributed by atoms with Crippen molar-refractivity contribution >= 4 is 11.8 Å². The monoisotopic (exact) mass is 342 g/mol. The number of likely N-dealkylation sites (tertiary alicyclic amines) is 2. The molecular formula is C19H26N4O2. The summed E-state index contributed by atoms with van der Waals surface area (Å²) in [5, 5.41) is 8.47. The zero-order valence-electron chi connectivity index (χ0n) is 14.7. The van der Waals surface area contributed by atoms with Gasteiger partial charge >= 0.3 is 0 Å². The molecule has 4 rings (SSSR count). The van der Waals surface area contributed by atoms with Crippen molar-refractivity contribution in [1.29, 1.82) is 0 Å². The molecule has 0 radical (unpaired) electrons. The largest absolute Gasteiger partial charge is 0.342 e. The number of carbonyl (C=O) groups excluding carboxylic acids is 2. The summed E-state index contributed by atoms with van der Waals surface area (Å²) in [6.07, 6.45) is 7.96. The normalized spacial score (nSPS) is 21.5. The van der Waals surface area contributed by atoms with Crippen molar-refractivity contribution < 1.29 is 9.59 Å². The van der Waals surface area contributed by atoms with E-state index in [4.69, 9.17) is 0 Å². The Morgan fingerprint density at radius 3 is 2.60 bits per heavy atom. The summed E-state index contributed by atoms with van der Waals surface area (Å²) in [4.78, 5) is 28.4. The molecule has 0 saturated carbocycles. The summed E-state index contributed by atoms with van der Waals surface area (Å²) in [5.74, 6) is 0.820. The van der Waals surface area contributed by atoms with Crippen molar-refractivity contribution in [2.24, 2.45) is 5.92 Å². The summed E-state index contributed by atoms with van der Waals surface area (Å²) in [6.45, 7) is 3.27. The van der Waals surface area contributed by atoms with E-state index in [2.05, 4.69) is 10.2 Å². The van der Waals surface area contributed by atoms with Gasteiger partial charge in [-0.2, -0.15) is 5.10 Å². The molecule has 2 aliphatic heterocycles. The van der Waals surface area contributed by atoms with Crippen molar-refractivity contribution in [2.75, 3.05) is 26.2 Å². The molecule has 0 N–H and O–H groups in total. The standard InChI is InChI=1S/C19H26N4O2/c24-18-6-3-9-23(18)13-14-7-10-22(11-8-14)19(25)17-12-15-4-1-2-5-16(15)20-21-17/h12,14H,1-11,13H2. The number of hydrogen-bond acceptors (Lipinski definition) is 4. The van der Waals surface area contributed by atoms with Crippen LogP contribution in [-0.2, 0) is 17.6 Å². The molecule has 6 nitrogen and oxygen atoms in total. The van der Waals surface area contributed by atoms with Crippen LogP contribution in [0.1, 0.15) is 60.3 Å². The van der Waals surface area contributed by atoms with Crippen LogP contribution in [0.25, 0.3) is 0 Å². The molecule has 1 aromatic rings. The molecule has 0 atom stereocenters. The number of aryl methyl sites for hydroxylation is 2. The fourth-order valence-corrected chi connectivity index (χ4v) is 4.28. The number of rotatable bonds is 3. The maximum atomic E-state index is 12.7. The molecule has 2 fully saturated rings. The third-order valence-corrected chi connectivity index (χ3v) is 5.84. The Hall–Kier alpha value is -1.98. The summed E-state index contributed by atoms with van der Waals surface area (Å²) < 4.78 is 0. The third-order valence-electron chi connectivity index (χ3n) is 5.84. The molecule has 3 aliphatic rings. The number of amides is 2. The summed E-state index contributed by atoms with van der Waals surface area (Å²) in [5.41, 5.74) is 2.76. The number of hydrogen-bond donors (Lipinski definition) is 0. The van der Waals surface area contributed by atoms with Crippen LogP contribution in [0.4, 0.5) is 0 Å². The molecule has 2 amide bonds. The molecule has 1 aliphatic carbocycles. The fraction of sp³-hybridized carbons (Fsp3) is 0.684. The maximum Gasteiger partial charge on any atom is 0.274 e. The van der Waals surface area contributed by atoms with E-state index in [1.54, 1.807) is 0 Å². The third kappa shape index (κ3) is 3.53. The van der Waals surface area contributed by atoms with Crippen LogP contribution in [0.2, 0.25) is 0 Å². The summed E-state index contributed by atoms with van der Waals surface area (Å²) in [6, 6.07) is 1.96. The van der Waals surface area contributed by atoms with Crippen LogP contribution < -0.4 is 0 Å². The zero-order valence-corrected chi connectivity index (χ0v) is 14.7. The quantitative estimate of drug-likeness (QED) is 0.840. The Kier molecular flexibility index (Phi) is 4.68. The zero-order chi connectivity index (χ0) is 17.2. The minimum Gasteiger partial charge on any atom is -0.342 e. The molecular weight excluding hydrogens is 316 g/mol. The predicted molar refractivity (Wildman–Crippen MR) is 93.1 cm³/mol. The molecule has 2 saturated heterocycles. The second-order valence-corrected chi connectivity index (χ2v) is 7.59. The average molecular weight is 342 g/mol. The van der Waals surface area contributed by atoms with E-state index in [0.717, 1.165) is 64.0 Å². The van der Waals surface area contributed by atoms with Gasteiger partial charge in [0.25, 0.3) is 5.91 Å². The Morgan fingerprint density at radius 2 is 1.84 bits per heavy atom. The molecule has 134 valence electrons. The van der Waals surface area contributed by atoms with Crippen molar-refractivity contribution in [3.63, 3.8) is 0 Å². The van der Waals surface area contributed by atoms with Crippen LogP contribution in [0.15, 0.2) is 6.07 Å². The van der Waals surface area contributed by atoms with E-state index in [9.17, 15) is 9.59 Å². The van der Waals surface area contributed by atoms with Crippen molar-refractivity contribution in [3.8, 4) is 0 Å². The number of nitrogens with zero attached hydrogens (tertiary/aromatic N) is 4. The minimum absolute atomic E-state index is 0.0107. The van der Waals surface area contributed by atoms with E-state index >= 15 is 0 Å². The predicted octanol–water partition coefficient (Wildman–Crippen LogP) is 1.83. The van der Waals surface area contributed by atoms with Gasteiger partial charge in [0.05, 0.1) is 5.69 Å². The summed E-state index contributed by atoms with van der Waals surface area (Å²) in [7, 11) is 0. The first-order chi connectivity index (χ1) is 12.2. The Labute approximate surface area is 148 Å². The molecule has 6 heteroatoms. The average Bonchev–Trinajstić information content (AvgIpc) is 3.06. The first-order valence-corrected chi connectivity index (χ1v) is 9.63. The Morgan fingerprint density at radius 1 is 1.04 bits per heavy atom. The van der Waals surface area contributed by atoms with Gasteiger partial charge in [-0.1, -0.05) is 0 Å². The van der Waals surface area contributed by atoms with Crippen LogP contribution in [-0.4, -0.2) is 58.0 Å². The Bertz CT molecular complexity index is 667. The molecule has 0 bridgehead atoms. The molecule has 1 aromatic heterocycles. The van der Waals surface area contributed by atoms with E-state index in [1.165, 1.54) is 18.4 Å². The van der Waals surface area contributed by atoms with Crippen molar-refractivity contribution in [3.05, 3.63) is 23.0 Å². The topological polar surface area (TPSA) is 66.4 Å². The van der Waals surface area contributed by atoms with Crippen molar-refractivity contribution in [1.82, 2.24) is 20.0 Å². The number of piperidine rings is 1. The van der Waals surface area contributed by atoms with Crippen LogP contribution in [0, 0.1) is 5.92 Å². The highest BCUT2D eigenvalue weighted by Gasteiger charge is 2.29. The number of fused-ring (bicyclic) bond motifs is 1.